The summed E-state index contributed by atoms with van der Waals surface area (Å²) in [4.78, 5) is 28.4. The van der Waals surface area contributed by atoms with Gasteiger partial charge in [0.1, 0.15) is 0 Å². The molecule has 0 saturated carbocycles. The third kappa shape index (κ3) is 2.18. The molecule has 0 radical (unpaired) electrons. The monoisotopic (exact) mass is 356 g/mol. The first-order valence-electron chi connectivity index (χ1n) is 8.84. The molecule has 0 aliphatic carbocycles. The fourth-order valence-corrected chi connectivity index (χ4v) is 3.87. The highest BCUT2D eigenvalue weighted by Gasteiger charge is 2.37. The van der Waals surface area contributed by atoms with E-state index in [-0.39, 0.29) is 0 Å². The number of nitrogens with zero attached hydrogens (tertiary/aromatic N) is 1. The van der Waals surface area contributed by atoms with Crippen LogP contribution >= 0.6 is 0 Å². The Hall–Kier alpha value is -3.60. The number of para-hydroxylation sites is 2. The number of H-pyrrole nitrogens is 1. The van der Waals surface area contributed by atoms with Crippen molar-refractivity contribution in [3.63, 3.8) is 0 Å². The lowest BCUT2D eigenvalue weighted by Gasteiger charge is -2.01. The van der Waals surface area contributed by atoms with Gasteiger partial charge in [0.25, 0.3) is 0 Å². The summed E-state index contributed by atoms with van der Waals surface area (Å²) in [6.45, 7) is 2.81. The van der Waals surface area contributed by atoms with Gasteiger partial charge in [-0.2, -0.15) is 0 Å². The van der Waals surface area contributed by atoms with Gasteiger partial charge in [0.2, 0.25) is 0 Å². The Morgan fingerprint density at radius 1 is 0.889 bits per heavy atom. The van der Waals surface area contributed by atoms with E-state index in [9.17, 15) is 9.59 Å². The molecule has 3 heterocycles. The number of esters is 2. The smallest absolute Gasteiger partial charge is 0.347 e. The van der Waals surface area contributed by atoms with Gasteiger partial charge in [-0.05, 0) is 19.1 Å². The number of cyclic esters (lactones) is 2. The second-order valence-corrected chi connectivity index (χ2v) is 6.52. The van der Waals surface area contributed by atoms with E-state index in [1.54, 1.807) is 6.20 Å². The molecule has 1 aliphatic heterocycles. The highest BCUT2D eigenvalue weighted by Crippen LogP contribution is 2.39. The topological polar surface area (TPSA) is 64.1 Å². The largest absolute Gasteiger partial charge is 0.386 e. The molecule has 0 amide bonds. The summed E-state index contributed by atoms with van der Waals surface area (Å²) in [5.74, 6) is -1.20. The number of carbonyl (C=O) groups excluding carboxylic acids is 2. The van der Waals surface area contributed by atoms with Crippen LogP contribution in [-0.2, 0) is 20.9 Å². The second-order valence-electron chi connectivity index (χ2n) is 6.52. The van der Waals surface area contributed by atoms with Gasteiger partial charge in [0.05, 0.1) is 11.1 Å². The van der Waals surface area contributed by atoms with Crippen LogP contribution in [0, 0.1) is 0 Å². The third-order valence-corrected chi connectivity index (χ3v) is 5.10. The number of hydrogen-bond acceptors (Lipinski definition) is 3. The summed E-state index contributed by atoms with van der Waals surface area (Å²) in [6, 6.07) is 15.6. The molecule has 5 nitrogen and oxygen atoms in total. The standard InChI is InChI=1S/C22H16N2O3/c1-2-24-12-16(14-8-4-6-10-18(14)24)20-19(21(25)27-22(20)26)15-11-23-17-9-5-3-7-13(15)17/h3-12,23H,2H2,1H3. The van der Waals surface area contributed by atoms with Gasteiger partial charge >= 0.3 is 11.9 Å². The molecule has 1 N–H and O–H groups in total. The molecule has 0 unspecified atom stereocenters. The van der Waals surface area contributed by atoms with Crippen molar-refractivity contribution in [2.75, 3.05) is 0 Å². The summed E-state index contributed by atoms with van der Waals surface area (Å²) in [5, 5.41) is 1.81. The zero-order valence-electron chi connectivity index (χ0n) is 14.7. The van der Waals surface area contributed by atoms with Crippen molar-refractivity contribution in [3.8, 4) is 0 Å². The third-order valence-electron chi connectivity index (χ3n) is 5.10. The molecule has 1 aliphatic rings. The van der Waals surface area contributed by atoms with Gasteiger partial charge in [-0.1, -0.05) is 36.4 Å². The average molecular weight is 356 g/mol. The Labute approximate surface area is 154 Å². The number of carbonyl (C=O) groups is 2. The minimum Gasteiger partial charge on any atom is -0.386 e. The molecule has 132 valence electrons. The molecule has 0 bridgehead atoms. The van der Waals surface area contributed by atoms with Crippen molar-refractivity contribution >= 4 is 44.9 Å². The van der Waals surface area contributed by atoms with Gasteiger partial charge in [-0.25, -0.2) is 9.59 Å². The predicted molar refractivity (Wildman–Crippen MR) is 104 cm³/mol. The minimum atomic E-state index is -0.604. The average Bonchev–Trinajstić information content (AvgIpc) is 3.34. The van der Waals surface area contributed by atoms with Crippen molar-refractivity contribution in [2.24, 2.45) is 0 Å². The van der Waals surface area contributed by atoms with Gasteiger partial charge in [-0.15, -0.1) is 0 Å². The SMILES string of the molecule is CCn1cc(C2=C(c3c[nH]c4ccccc34)C(=O)OC2=O)c2ccccc21. The number of aryl methyl sites for hydroxylation is 1. The summed E-state index contributed by atoms with van der Waals surface area (Å²) in [7, 11) is 0. The molecule has 27 heavy (non-hydrogen) atoms. The van der Waals surface area contributed by atoms with Crippen LogP contribution in [0.15, 0.2) is 60.9 Å². The number of hydrogen-bond donors (Lipinski definition) is 1. The summed E-state index contributed by atoms with van der Waals surface area (Å²) in [6.07, 6.45) is 3.69. The van der Waals surface area contributed by atoms with Gasteiger partial charge in [0.15, 0.2) is 0 Å². The zero-order valence-corrected chi connectivity index (χ0v) is 14.7. The lowest BCUT2D eigenvalue weighted by molar-refractivity contribution is -0.149. The lowest BCUT2D eigenvalue weighted by atomic mass is 9.95. The van der Waals surface area contributed by atoms with Crippen LogP contribution in [0.1, 0.15) is 18.1 Å². The molecule has 2 aromatic carbocycles. The predicted octanol–water partition coefficient (Wildman–Crippen LogP) is 4.14. The quantitative estimate of drug-likeness (QED) is 0.443. The van der Waals surface area contributed by atoms with Crippen molar-refractivity contribution in [1.82, 2.24) is 9.55 Å². The van der Waals surface area contributed by atoms with Crippen molar-refractivity contribution < 1.29 is 14.3 Å². The maximum Gasteiger partial charge on any atom is 0.347 e. The Morgan fingerprint density at radius 2 is 1.56 bits per heavy atom. The summed E-state index contributed by atoms with van der Waals surface area (Å²) < 4.78 is 7.10. The van der Waals surface area contributed by atoms with Gasteiger partial charge in [0, 0.05) is 51.9 Å². The zero-order chi connectivity index (χ0) is 18.5. The minimum absolute atomic E-state index is 0.316. The number of aromatic nitrogens is 2. The van der Waals surface area contributed by atoms with Crippen LogP contribution in [0.25, 0.3) is 33.0 Å². The van der Waals surface area contributed by atoms with Crippen LogP contribution < -0.4 is 0 Å². The first-order chi connectivity index (χ1) is 13.2. The number of nitrogens with one attached hydrogen (secondary N) is 1. The molecular weight excluding hydrogens is 340 g/mol. The van der Waals surface area contributed by atoms with Crippen LogP contribution in [0.3, 0.4) is 0 Å². The number of benzene rings is 2. The van der Waals surface area contributed by atoms with Crippen LogP contribution in [0.2, 0.25) is 0 Å². The van der Waals surface area contributed by atoms with E-state index in [0.29, 0.717) is 16.7 Å². The van der Waals surface area contributed by atoms with E-state index in [1.165, 1.54) is 0 Å². The Kier molecular flexibility index (Phi) is 3.31. The highest BCUT2D eigenvalue weighted by molar-refractivity contribution is 6.46. The molecule has 4 aromatic rings. The maximum absolute atomic E-state index is 12.6. The molecule has 0 spiro atoms. The molecule has 0 atom stereocenters. The first-order valence-corrected chi connectivity index (χ1v) is 8.84. The highest BCUT2D eigenvalue weighted by atomic mass is 16.6. The molecular formula is C22H16N2O3. The molecule has 5 heteroatoms. The van der Waals surface area contributed by atoms with Crippen molar-refractivity contribution in [2.45, 2.75) is 13.5 Å². The number of ether oxygens (including phenoxy) is 1. The Morgan fingerprint density at radius 3 is 2.33 bits per heavy atom. The molecule has 2 aromatic heterocycles. The van der Waals surface area contributed by atoms with Crippen LogP contribution in [0.5, 0.6) is 0 Å². The van der Waals surface area contributed by atoms with E-state index < -0.39 is 11.9 Å². The summed E-state index contributed by atoms with van der Waals surface area (Å²) >= 11 is 0. The first kappa shape index (κ1) is 15.6. The van der Waals surface area contributed by atoms with E-state index in [2.05, 4.69) is 9.55 Å². The van der Waals surface area contributed by atoms with E-state index >= 15 is 0 Å². The number of aromatic amines is 1. The lowest BCUT2D eigenvalue weighted by Crippen LogP contribution is -2.01. The molecule has 0 saturated heterocycles. The van der Waals surface area contributed by atoms with Crippen molar-refractivity contribution in [3.05, 3.63) is 72.1 Å². The van der Waals surface area contributed by atoms with Crippen molar-refractivity contribution in [1.29, 1.82) is 0 Å². The van der Waals surface area contributed by atoms with E-state index in [4.69, 9.17) is 4.74 Å². The summed E-state index contributed by atoms with van der Waals surface area (Å²) in [5.41, 5.74) is 3.98. The normalized spacial score (nSPS) is 14.6. The molecule has 0 fully saturated rings. The van der Waals surface area contributed by atoms with E-state index in [0.717, 1.165) is 33.9 Å². The van der Waals surface area contributed by atoms with Crippen LogP contribution in [-0.4, -0.2) is 21.5 Å². The Balaban J connectivity index is 1.86. The van der Waals surface area contributed by atoms with Gasteiger partial charge in [-0.3, -0.25) is 0 Å². The van der Waals surface area contributed by atoms with E-state index in [1.807, 2.05) is 61.7 Å². The van der Waals surface area contributed by atoms with Crippen LogP contribution in [0.4, 0.5) is 0 Å². The fraction of sp³-hybridized carbons (Fsp3) is 0.0909. The Bertz CT molecular complexity index is 1270. The number of rotatable bonds is 3. The fourth-order valence-electron chi connectivity index (χ4n) is 3.87. The second kappa shape index (κ2) is 5.71. The molecule has 5 rings (SSSR count). The maximum atomic E-state index is 12.6. The van der Waals surface area contributed by atoms with Gasteiger partial charge < -0.3 is 14.3 Å². The number of fused-ring (bicyclic) bond motifs is 2.